The molecule has 3 N–H and O–H groups in total. The molecule has 1 aliphatic carbocycles. The van der Waals surface area contributed by atoms with Crippen molar-refractivity contribution in [3.8, 4) is 5.75 Å². The highest BCUT2D eigenvalue weighted by Crippen LogP contribution is 2.24. The predicted molar refractivity (Wildman–Crippen MR) is 67.6 cm³/mol. The zero-order valence-corrected chi connectivity index (χ0v) is 9.93. The molecule has 0 aromatic heterocycles. The van der Waals surface area contributed by atoms with Crippen LogP contribution in [0.15, 0.2) is 24.3 Å². The number of rotatable bonds is 3. The summed E-state index contributed by atoms with van der Waals surface area (Å²) in [7, 11) is 0. The van der Waals surface area contributed by atoms with E-state index >= 15 is 0 Å². The third-order valence-corrected chi connectivity index (χ3v) is 2.77. The van der Waals surface area contributed by atoms with Crippen molar-refractivity contribution in [1.29, 1.82) is 5.41 Å². The fourth-order valence-electron chi connectivity index (χ4n) is 1.91. The molecule has 2 rings (SSSR count). The van der Waals surface area contributed by atoms with Gasteiger partial charge in [-0.05, 0) is 49.9 Å². The first-order valence-corrected chi connectivity index (χ1v) is 5.37. The van der Waals surface area contributed by atoms with E-state index in [0.29, 0.717) is 6.10 Å². The number of hydrogen-bond donors (Lipinski definition) is 2. The van der Waals surface area contributed by atoms with Crippen LogP contribution in [0.4, 0.5) is 0 Å². The van der Waals surface area contributed by atoms with E-state index in [9.17, 15) is 0 Å². The highest BCUT2D eigenvalue weighted by Gasteiger charge is 2.16. The number of nitrogen functional groups attached to an aromatic ring is 1. The number of nitrogens with two attached hydrogens (primary N) is 1. The maximum atomic E-state index is 7.27. The SMILES string of the molecule is Cl.N=C(N)c1ccc(OC2CCCC2)cc1. The minimum absolute atomic E-state index is 0. The second-order valence-corrected chi connectivity index (χ2v) is 3.96. The van der Waals surface area contributed by atoms with Gasteiger partial charge in [-0.15, -0.1) is 12.4 Å². The predicted octanol–water partition coefficient (Wildman–Crippen LogP) is 2.71. The van der Waals surface area contributed by atoms with Gasteiger partial charge in [0.25, 0.3) is 0 Å². The average molecular weight is 241 g/mol. The van der Waals surface area contributed by atoms with Crippen LogP contribution in [0.2, 0.25) is 0 Å². The lowest BCUT2D eigenvalue weighted by Crippen LogP contribution is -2.12. The molecule has 0 aliphatic heterocycles. The molecule has 88 valence electrons. The number of nitrogens with one attached hydrogen (secondary N) is 1. The molecule has 1 aromatic rings. The van der Waals surface area contributed by atoms with Crippen LogP contribution >= 0.6 is 12.4 Å². The Kier molecular flexibility index (Phi) is 4.62. The number of amidine groups is 1. The molecule has 0 bridgehead atoms. The van der Waals surface area contributed by atoms with Gasteiger partial charge < -0.3 is 10.5 Å². The monoisotopic (exact) mass is 240 g/mol. The summed E-state index contributed by atoms with van der Waals surface area (Å²) >= 11 is 0. The number of hydrogen-bond acceptors (Lipinski definition) is 2. The van der Waals surface area contributed by atoms with Gasteiger partial charge in [0.15, 0.2) is 0 Å². The van der Waals surface area contributed by atoms with Gasteiger partial charge in [-0.25, -0.2) is 0 Å². The number of ether oxygens (including phenoxy) is 1. The van der Waals surface area contributed by atoms with Crippen LogP contribution in [0.3, 0.4) is 0 Å². The van der Waals surface area contributed by atoms with Crippen LogP contribution in [0, 0.1) is 5.41 Å². The van der Waals surface area contributed by atoms with E-state index in [2.05, 4.69) is 0 Å². The third kappa shape index (κ3) is 3.14. The molecule has 1 fully saturated rings. The van der Waals surface area contributed by atoms with Crippen LogP contribution < -0.4 is 10.5 Å². The molecule has 0 spiro atoms. The molecule has 0 amide bonds. The summed E-state index contributed by atoms with van der Waals surface area (Å²) in [5, 5.41) is 7.27. The molecule has 0 atom stereocenters. The van der Waals surface area contributed by atoms with E-state index in [1.807, 2.05) is 24.3 Å². The van der Waals surface area contributed by atoms with E-state index in [1.54, 1.807) is 0 Å². The number of halogens is 1. The Bertz CT molecular complexity index is 345. The van der Waals surface area contributed by atoms with Gasteiger partial charge in [-0.3, -0.25) is 5.41 Å². The van der Waals surface area contributed by atoms with Gasteiger partial charge in [-0.1, -0.05) is 0 Å². The third-order valence-electron chi connectivity index (χ3n) is 2.77. The fraction of sp³-hybridized carbons (Fsp3) is 0.417. The molecule has 1 aromatic carbocycles. The summed E-state index contributed by atoms with van der Waals surface area (Å²) in [6.07, 6.45) is 5.25. The minimum Gasteiger partial charge on any atom is -0.490 e. The maximum Gasteiger partial charge on any atom is 0.122 e. The summed E-state index contributed by atoms with van der Waals surface area (Å²) in [6, 6.07) is 7.42. The maximum absolute atomic E-state index is 7.27. The summed E-state index contributed by atoms with van der Waals surface area (Å²) in [6.45, 7) is 0. The Morgan fingerprint density at radius 1 is 1.19 bits per heavy atom. The van der Waals surface area contributed by atoms with Crippen molar-refractivity contribution in [3.63, 3.8) is 0 Å². The van der Waals surface area contributed by atoms with Gasteiger partial charge in [0.05, 0.1) is 6.10 Å². The standard InChI is InChI=1S/C12H16N2O.ClH/c13-12(14)9-5-7-11(8-6-9)15-10-3-1-2-4-10;/h5-8,10H,1-4H2,(H3,13,14);1H. The number of benzene rings is 1. The zero-order valence-electron chi connectivity index (χ0n) is 9.11. The molecular formula is C12H17ClN2O. The largest absolute Gasteiger partial charge is 0.490 e. The molecule has 4 heteroatoms. The molecule has 1 aliphatic rings. The van der Waals surface area contributed by atoms with Crippen LogP contribution in [0.1, 0.15) is 31.2 Å². The van der Waals surface area contributed by atoms with Gasteiger partial charge in [0, 0.05) is 5.56 Å². The van der Waals surface area contributed by atoms with Crippen molar-refractivity contribution in [2.24, 2.45) is 5.73 Å². The van der Waals surface area contributed by atoms with Crippen molar-refractivity contribution in [2.45, 2.75) is 31.8 Å². The average Bonchev–Trinajstić information content (AvgIpc) is 2.71. The lowest BCUT2D eigenvalue weighted by molar-refractivity contribution is 0.210. The minimum atomic E-state index is 0. The molecule has 0 unspecified atom stereocenters. The van der Waals surface area contributed by atoms with E-state index < -0.39 is 0 Å². The van der Waals surface area contributed by atoms with Crippen molar-refractivity contribution in [1.82, 2.24) is 0 Å². The first-order chi connectivity index (χ1) is 7.25. The van der Waals surface area contributed by atoms with E-state index in [0.717, 1.165) is 24.2 Å². The Hall–Kier alpha value is -1.22. The molecule has 0 radical (unpaired) electrons. The molecule has 3 nitrogen and oxygen atoms in total. The molecule has 16 heavy (non-hydrogen) atoms. The van der Waals surface area contributed by atoms with Crippen LogP contribution in [0.5, 0.6) is 5.75 Å². The van der Waals surface area contributed by atoms with Crippen molar-refractivity contribution < 1.29 is 4.74 Å². The van der Waals surface area contributed by atoms with Crippen LogP contribution in [-0.4, -0.2) is 11.9 Å². The molecular weight excluding hydrogens is 224 g/mol. The Labute approximate surface area is 102 Å². The van der Waals surface area contributed by atoms with Crippen LogP contribution in [-0.2, 0) is 0 Å². The van der Waals surface area contributed by atoms with Crippen molar-refractivity contribution >= 4 is 18.2 Å². The van der Waals surface area contributed by atoms with Gasteiger partial charge in [0.1, 0.15) is 11.6 Å². The van der Waals surface area contributed by atoms with Crippen LogP contribution in [0.25, 0.3) is 0 Å². The second-order valence-electron chi connectivity index (χ2n) is 3.96. The second kappa shape index (κ2) is 5.75. The highest BCUT2D eigenvalue weighted by atomic mass is 35.5. The highest BCUT2D eigenvalue weighted by molar-refractivity contribution is 5.94. The smallest absolute Gasteiger partial charge is 0.122 e. The van der Waals surface area contributed by atoms with Crippen molar-refractivity contribution in [3.05, 3.63) is 29.8 Å². The van der Waals surface area contributed by atoms with Crippen molar-refractivity contribution in [2.75, 3.05) is 0 Å². The topological polar surface area (TPSA) is 59.1 Å². The first-order valence-electron chi connectivity index (χ1n) is 5.37. The fourth-order valence-corrected chi connectivity index (χ4v) is 1.91. The normalized spacial score (nSPS) is 15.5. The zero-order chi connectivity index (χ0) is 10.7. The lowest BCUT2D eigenvalue weighted by atomic mass is 10.2. The Balaban J connectivity index is 0.00000128. The van der Waals surface area contributed by atoms with Gasteiger partial charge in [0.2, 0.25) is 0 Å². The Morgan fingerprint density at radius 3 is 2.25 bits per heavy atom. The summed E-state index contributed by atoms with van der Waals surface area (Å²) in [5.74, 6) is 0.981. The molecule has 0 heterocycles. The van der Waals surface area contributed by atoms with E-state index in [1.165, 1.54) is 12.8 Å². The van der Waals surface area contributed by atoms with Gasteiger partial charge in [-0.2, -0.15) is 0 Å². The molecule has 1 saturated carbocycles. The molecule has 0 saturated heterocycles. The van der Waals surface area contributed by atoms with E-state index in [4.69, 9.17) is 15.9 Å². The van der Waals surface area contributed by atoms with Gasteiger partial charge >= 0.3 is 0 Å². The quantitative estimate of drug-likeness (QED) is 0.631. The summed E-state index contributed by atoms with van der Waals surface area (Å²) in [4.78, 5) is 0. The first kappa shape index (κ1) is 12.8. The van der Waals surface area contributed by atoms with E-state index in [-0.39, 0.29) is 18.2 Å². The lowest BCUT2D eigenvalue weighted by Gasteiger charge is -2.12. The summed E-state index contributed by atoms with van der Waals surface area (Å²) < 4.78 is 5.80. The Morgan fingerprint density at radius 2 is 1.75 bits per heavy atom. The summed E-state index contributed by atoms with van der Waals surface area (Å²) in [5.41, 5.74) is 6.11.